The highest BCUT2D eigenvalue weighted by molar-refractivity contribution is 14.1. The zero-order chi connectivity index (χ0) is 14.8. The fourth-order valence-corrected chi connectivity index (χ4v) is 2.71. The van der Waals surface area contributed by atoms with E-state index in [1.165, 1.54) is 12.1 Å². The van der Waals surface area contributed by atoms with Crippen LogP contribution in [0.1, 0.15) is 10.4 Å². The predicted molar refractivity (Wildman–Crippen MR) is 87.1 cm³/mol. The fraction of sp³-hybridized carbons (Fsp3) is 0. The molecule has 0 N–H and O–H groups in total. The molecule has 3 rings (SSSR count). The van der Waals surface area contributed by atoms with Crippen molar-refractivity contribution >= 4 is 28.9 Å². The number of carbonyl (C=O) groups is 1. The molecule has 104 valence electrons. The van der Waals surface area contributed by atoms with Crippen LogP contribution in [0.4, 0.5) is 4.39 Å². The first kappa shape index (κ1) is 13.9. The summed E-state index contributed by atoms with van der Waals surface area (Å²) < 4.78 is 15.6. The van der Waals surface area contributed by atoms with Crippen molar-refractivity contribution in [1.29, 1.82) is 0 Å². The summed E-state index contributed by atoms with van der Waals surface area (Å²) in [4.78, 5) is 11.3. The van der Waals surface area contributed by atoms with Gasteiger partial charge in [0.2, 0.25) is 0 Å². The molecule has 1 heterocycles. The maximum absolute atomic E-state index is 13.0. The Labute approximate surface area is 134 Å². The lowest BCUT2D eigenvalue weighted by Gasteiger charge is -2.02. The second-order valence-electron chi connectivity index (χ2n) is 4.45. The van der Waals surface area contributed by atoms with Crippen LogP contribution in [0, 0.1) is 9.39 Å². The molecular formula is C16H10FIN2O. The van der Waals surface area contributed by atoms with Gasteiger partial charge in [0.05, 0.1) is 11.3 Å². The third kappa shape index (κ3) is 2.73. The standard InChI is InChI=1S/C16H10FIN2O/c17-12-5-7-13(8-6-12)20-9-11(10-21)16(19-20)14-3-1-2-4-15(14)18/h1-10H. The van der Waals surface area contributed by atoms with Gasteiger partial charge in [-0.15, -0.1) is 0 Å². The lowest BCUT2D eigenvalue weighted by molar-refractivity contribution is 0.112. The van der Waals surface area contributed by atoms with Crippen molar-refractivity contribution in [2.75, 3.05) is 0 Å². The summed E-state index contributed by atoms with van der Waals surface area (Å²) in [6.45, 7) is 0. The first-order valence-electron chi connectivity index (χ1n) is 6.25. The fourth-order valence-electron chi connectivity index (χ4n) is 2.06. The molecule has 21 heavy (non-hydrogen) atoms. The minimum atomic E-state index is -0.306. The number of aromatic nitrogens is 2. The van der Waals surface area contributed by atoms with Crippen molar-refractivity contribution in [2.24, 2.45) is 0 Å². The molecule has 3 nitrogen and oxygen atoms in total. The Hall–Kier alpha value is -2.02. The largest absolute Gasteiger partial charge is 0.298 e. The number of benzene rings is 2. The monoisotopic (exact) mass is 392 g/mol. The molecule has 0 fully saturated rings. The average Bonchev–Trinajstić information content (AvgIpc) is 2.92. The number of hydrogen-bond donors (Lipinski definition) is 0. The van der Waals surface area contributed by atoms with Gasteiger partial charge in [-0.2, -0.15) is 5.10 Å². The molecule has 5 heteroatoms. The van der Waals surface area contributed by atoms with E-state index in [2.05, 4.69) is 27.7 Å². The van der Waals surface area contributed by atoms with Crippen LogP contribution in [0.25, 0.3) is 16.9 Å². The molecule has 1 aromatic heterocycles. The Morgan fingerprint density at radius 2 is 1.81 bits per heavy atom. The highest BCUT2D eigenvalue weighted by Crippen LogP contribution is 2.27. The molecule has 0 aliphatic heterocycles. The van der Waals surface area contributed by atoms with Gasteiger partial charge in [0.1, 0.15) is 11.5 Å². The smallest absolute Gasteiger partial charge is 0.153 e. The van der Waals surface area contributed by atoms with Gasteiger partial charge < -0.3 is 0 Å². The summed E-state index contributed by atoms with van der Waals surface area (Å²) >= 11 is 2.21. The minimum absolute atomic E-state index is 0.306. The van der Waals surface area contributed by atoms with Gasteiger partial charge in [0.25, 0.3) is 0 Å². The third-order valence-corrected chi connectivity index (χ3v) is 4.03. The maximum atomic E-state index is 13.0. The van der Waals surface area contributed by atoms with E-state index in [0.717, 1.165) is 15.4 Å². The summed E-state index contributed by atoms with van der Waals surface area (Å²) in [6.07, 6.45) is 2.43. The van der Waals surface area contributed by atoms with Gasteiger partial charge in [-0.3, -0.25) is 4.79 Å². The van der Waals surface area contributed by atoms with Crippen molar-refractivity contribution in [3.8, 4) is 16.9 Å². The van der Waals surface area contributed by atoms with Crippen LogP contribution in [0.15, 0.2) is 54.7 Å². The quantitative estimate of drug-likeness (QED) is 0.497. The number of aldehydes is 1. The molecule has 2 aromatic carbocycles. The Bertz CT molecular complexity index is 796. The minimum Gasteiger partial charge on any atom is -0.298 e. The van der Waals surface area contributed by atoms with Crippen LogP contribution in [0.5, 0.6) is 0 Å². The molecule has 0 saturated heterocycles. The van der Waals surface area contributed by atoms with Crippen LogP contribution < -0.4 is 0 Å². The number of carbonyl (C=O) groups excluding carboxylic acids is 1. The third-order valence-electron chi connectivity index (χ3n) is 3.09. The lowest BCUT2D eigenvalue weighted by Crippen LogP contribution is -1.95. The molecule has 0 aliphatic carbocycles. The number of hydrogen-bond acceptors (Lipinski definition) is 2. The van der Waals surface area contributed by atoms with E-state index >= 15 is 0 Å². The molecule has 0 saturated carbocycles. The van der Waals surface area contributed by atoms with Gasteiger partial charge in [-0.05, 0) is 52.9 Å². The van der Waals surface area contributed by atoms with E-state index in [1.54, 1.807) is 23.0 Å². The summed E-state index contributed by atoms with van der Waals surface area (Å²) in [5.41, 5.74) is 2.74. The molecular weight excluding hydrogens is 382 g/mol. The predicted octanol–water partition coefficient (Wildman–Crippen LogP) is 4.10. The van der Waals surface area contributed by atoms with Gasteiger partial charge >= 0.3 is 0 Å². The molecule has 0 radical (unpaired) electrons. The van der Waals surface area contributed by atoms with E-state index in [1.807, 2.05) is 24.3 Å². The van der Waals surface area contributed by atoms with Gasteiger partial charge in [-0.25, -0.2) is 9.07 Å². The van der Waals surface area contributed by atoms with Crippen LogP contribution in [-0.4, -0.2) is 16.1 Å². The normalized spacial score (nSPS) is 10.6. The molecule has 0 unspecified atom stereocenters. The van der Waals surface area contributed by atoms with E-state index in [0.29, 0.717) is 16.9 Å². The summed E-state index contributed by atoms with van der Waals surface area (Å²) in [5.74, 6) is -0.306. The molecule has 0 atom stereocenters. The second-order valence-corrected chi connectivity index (χ2v) is 5.61. The first-order valence-corrected chi connectivity index (χ1v) is 7.32. The summed E-state index contributed by atoms with van der Waals surface area (Å²) in [6, 6.07) is 13.7. The lowest BCUT2D eigenvalue weighted by atomic mass is 10.1. The van der Waals surface area contributed by atoms with E-state index in [4.69, 9.17) is 0 Å². The highest BCUT2D eigenvalue weighted by Gasteiger charge is 2.13. The number of nitrogens with zero attached hydrogens (tertiary/aromatic N) is 2. The van der Waals surface area contributed by atoms with Gasteiger partial charge in [0, 0.05) is 15.3 Å². The molecule has 3 aromatic rings. The first-order chi connectivity index (χ1) is 10.2. The summed E-state index contributed by atoms with van der Waals surface area (Å²) in [5, 5.41) is 4.47. The van der Waals surface area contributed by atoms with Crippen LogP contribution in [0.2, 0.25) is 0 Å². The number of halogens is 2. The Morgan fingerprint density at radius 3 is 2.48 bits per heavy atom. The van der Waals surface area contributed by atoms with E-state index < -0.39 is 0 Å². The van der Waals surface area contributed by atoms with Crippen molar-refractivity contribution in [2.45, 2.75) is 0 Å². The Morgan fingerprint density at radius 1 is 1.10 bits per heavy atom. The van der Waals surface area contributed by atoms with Crippen molar-refractivity contribution in [3.63, 3.8) is 0 Å². The Kier molecular flexibility index (Phi) is 3.83. The highest BCUT2D eigenvalue weighted by atomic mass is 127. The zero-order valence-corrected chi connectivity index (χ0v) is 13.0. The van der Waals surface area contributed by atoms with Crippen LogP contribution >= 0.6 is 22.6 Å². The van der Waals surface area contributed by atoms with E-state index in [9.17, 15) is 9.18 Å². The molecule has 0 spiro atoms. The maximum Gasteiger partial charge on any atom is 0.153 e. The zero-order valence-electron chi connectivity index (χ0n) is 10.8. The van der Waals surface area contributed by atoms with Crippen molar-refractivity contribution < 1.29 is 9.18 Å². The van der Waals surface area contributed by atoms with Crippen molar-refractivity contribution in [1.82, 2.24) is 9.78 Å². The van der Waals surface area contributed by atoms with Gasteiger partial charge in [0.15, 0.2) is 6.29 Å². The van der Waals surface area contributed by atoms with Gasteiger partial charge in [-0.1, -0.05) is 18.2 Å². The molecule has 0 bridgehead atoms. The van der Waals surface area contributed by atoms with E-state index in [-0.39, 0.29) is 5.82 Å². The molecule has 0 amide bonds. The topological polar surface area (TPSA) is 34.9 Å². The molecule has 0 aliphatic rings. The second kappa shape index (κ2) is 5.77. The Balaban J connectivity index is 2.13. The average molecular weight is 392 g/mol. The SMILES string of the molecule is O=Cc1cn(-c2ccc(F)cc2)nc1-c1ccccc1I. The number of rotatable bonds is 3. The van der Waals surface area contributed by atoms with Crippen LogP contribution in [0.3, 0.4) is 0 Å². The van der Waals surface area contributed by atoms with Crippen LogP contribution in [-0.2, 0) is 0 Å². The summed E-state index contributed by atoms with van der Waals surface area (Å²) in [7, 11) is 0. The van der Waals surface area contributed by atoms with Crippen molar-refractivity contribution in [3.05, 3.63) is 69.7 Å².